The predicted octanol–water partition coefficient (Wildman–Crippen LogP) is 4.68. The number of halogens is 2. The Hall–Kier alpha value is -2.82. The van der Waals surface area contributed by atoms with Gasteiger partial charge in [-0.15, -0.1) is 11.3 Å². The smallest absolute Gasteiger partial charge is 0.261 e. The van der Waals surface area contributed by atoms with Gasteiger partial charge in [-0.1, -0.05) is 11.6 Å². The van der Waals surface area contributed by atoms with Gasteiger partial charge in [-0.3, -0.25) is 14.5 Å². The Morgan fingerprint density at radius 2 is 1.94 bits per heavy atom. The summed E-state index contributed by atoms with van der Waals surface area (Å²) in [7, 11) is 0. The zero-order valence-corrected chi connectivity index (χ0v) is 22.1. The summed E-state index contributed by atoms with van der Waals surface area (Å²) < 4.78 is 13.5. The van der Waals surface area contributed by atoms with E-state index in [1.165, 1.54) is 29.8 Å². The van der Waals surface area contributed by atoms with E-state index in [1.807, 2.05) is 25.7 Å². The molecule has 11 heteroatoms. The maximum Gasteiger partial charge on any atom is 0.261 e. The molecule has 2 N–H and O–H groups in total. The topological polar surface area (TPSA) is 90.5 Å². The largest absolute Gasteiger partial charge is 0.349 e. The SMILES string of the molecule is CCN(CC)C(=O)C(C)N1CCC(NC(=O)c2cc3c(Nc4ccc(F)c(Cl)c4)ncnc3s2)CC1. The summed E-state index contributed by atoms with van der Waals surface area (Å²) in [5.74, 6) is 0.0131. The van der Waals surface area contributed by atoms with Crippen LogP contribution in [-0.4, -0.2) is 69.8 Å². The van der Waals surface area contributed by atoms with Gasteiger partial charge in [-0.05, 0) is 57.9 Å². The van der Waals surface area contributed by atoms with Crippen LogP contribution in [0.4, 0.5) is 15.9 Å². The Balaban J connectivity index is 1.38. The Morgan fingerprint density at radius 3 is 2.61 bits per heavy atom. The normalized spacial score (nSPS) is 15.6. The molecule has 1 unspecified atom stereocenters. The molecular weight excluding hydrogens is 503 g/mol. The predicted molar refractivity (Wildman–Crippen MR) is 142 cm³/mol. The fourth-order valence-corrected chi connectivity index (χ4v) is 5.50. The van der Waals surface area contributed by atoms with Crippen LogP contribution in [0, 0.1) is 5.82 Å². The van der Waals surface area contributed by atoms with Crippen molar-refractivity contribution in [1.29, 1.82) is 0 Å². The van der Waals surface area contributed by atoms with Gasteiger partial charge in [0, 0.05) is 37.9 Å². The molecular formula is C25H30ClFN6O2S. The second-order valence-electron chi connectivity index (χ2n) is 8.78. The quantitative estimate of drug-likeness (QED) is 0.438. The monoisotopic (exact) mass is 532 g/mol. The molecule has 192 valence electrons. The third kappa shape index (κ3) is 5.77. The number of amides is 2. The molecule has 0 aliphatic carbocycles. The Bertz CT molecular complexity index is 1240. The van der Waals surface area contributed by atoms with Gasteiger partial charge in [0.15, 0.2) is 0 Å². The fourth-order valence-electron chi connectivity index (χ4n) is 4.42. The summed E-state index contributed by atoms with van der Waals surface area (Å²) in [6, 6.07) is 5.97. The van der Waals surface area contributed by atoms with Gasteiger partial charge in [0.1, 0.15) is 22.8 Å². The molecule has 2 amide bonds. The highest BCUT2D eigenvalue weighted by atomic mass is 35.5. The molecule has 8 nitrogen and oxygen atoms in total. The summed E-state index contributed by atoms with van der Waals surface area (Å²) in [5, 5.41) is 6.97. The van der Waals surface area contributed by atoms with Gasteiger partial charge in [-0.2, -0.15) is 0 Å². The second kappa shape index (κ2) is 11.5. The standard InChI is InChI=1S/C25H30ClFN6O2S/c1-4-32(5-2)25(35)15(3)33-10-8-16(9-11-33)31-23(34)21-13-18-22(28-14-29-24(18)36-21)30-17-6-7-20(27)19(26)12-17/h6-7,12-16H,4-5,8-11H2,1-3H3,(H,31,34)(H,28,29,30). The van der Waals surface area contributed by atoms with Crippen molar-refractivity contribution in [2.24, 2.45) is 0 Å². The highest BCUT2D eigenvalue weighted by Gasteiger charge is 2.29. The zero-order chi connectivity index (χ0) is 25.8. The lowest BCUT2D eigenvalue weighted by atomic mass is 10.0. The molecule has 1 aliphatic rings. The first-order valence-electron chi connectivity index (χ1n) is 12.1. The molecule has 1 aliphatic heterocycles. The van der Waals surface area contributed by atoms with Gasteiger partial charge in [0.2, 0.25) is 5.91 Å². The number of likely N-dealkylation sites (tertiary alicyclic amines) is 1. The van der Waals surface area contributed by atoms with Gasteiger partial charge in [0.25, 0.3) is 5.91 Å². The molecule has 1 atom stereocenters. The van der Waals surface area contributed by atoms with E-state index in [0.29, 0.717) is 39.7 Å². The van der Waals surface area contributed by atoms with Crippen LogP contribution in [-0.2, 0) is 4.79 Å². The number of hydrogen-bond acceptors (Lipinski definition) is 7. The van der Waals surface area contributed by atoms with Crippen LogP contribution in [0.25, 0.3) is 10.2 Å². The first-order valence-corrected chi connectivity index (χ1v) is 13.3. The van der Waals surface area contributed by atoms with Crippen LogP contribution in [0.2, 0.25) is 5.02 Å². The Morgan fingerprint density at radius 1 is 1.22 bits per heavy atom. The first-order chi connectivity index (χ1) is 17.3. The number of benzene rings is 1. The molecule has 36 heavy (non-hydrogen) atoms. The van der Waals surface area contributed by atoms with Gasteiger partial charge in [-0.25, -0.2) is 14.4 Å². The fraction of sp³-hybridized carbons (Fsp3) is 0.440. The molecule has 0 radical (unpaired) electrons. The molecule has 1 saturated heterocycles. The molecule has 0 bridgehead atoms. The van der Waals surface area contributed by atoms with Crippen LogP contribution in [0.15, 0.2) is 30.6 Å². The number of aromatic nitrogens is 2. The van der Waals surface area contributed by atoms with Crippen molar-refractivity contribution in [3.8, 4) is 0 Å². The summed E-state index contributed by atoms with van der Waals surface area (Å²) in [6.45, 7) is 8.88. The molecule has 4 rings (SSSR count). The summed E-state index contributed by atoms with van der Waals surface area (Å²) >= 11 is 7.18. The van der Waals surface area contributed by atoms with Gasteiger partial charge >= 0.3 is 0 Å². The van der Waals surface area contributed by atoms with Crippen molar-refractivity contribution in [3.63, 3.8) is 0 Å². The van der Waals surface area contributed by atoms with E-state index >= 15 is 0 Å². The molecule has 0 spiro atoms. The minimum Gasteiger partial charge on any atom is -0.349 e. The van der Waals surface area contributed by atoms with E-state index in [0.717, 1.165) is 25.9 Å². The lowest BCUT2D eigenvalue weighted by Crippen LogP contribution is -2.52. The van der Waals surface area contributed by atoms with Crippen molar-refractivity contribution in [1.82, 2.24) is 25.1 Å². The minimum absolute atomic E-state index is 0.00791. The van der Waals surface area contributed by atoms with Crippen LogP contribution in [0.5, 0.6) is 0 Å². The van der Waals surface area contributed by atoms with Crippen molar-refractivity contribution in [2.75, 3.05) is 31.5 Å². The number of carbonyl (C=O) groups excluding carboxylic acids is 2. The average molecular weight is 533 g/mol. The van der Waals surface area contributed by atoms with Crippen LogP contribution >= 0.6 is 22.9 Å². The number of thiophene rings is 1. The third-order valence-electron chi connectivity index (χ3n) is 6.58. The van der Waals surface area contributed by atoms with Crippen molar-refractivity contribution >= 4 is 56.5 Å². The minimum atomic E-state index is -0.500. The van der Waals surface area contributed by atoms with E-state index in [2.05, 4.69) is 25.5 Å². The molecule has 1 fully saturated rings. The second-order valence-corrected chi connectivity index (χ2v) is 10.2. The number of carbonyl (C=O) groups is 2. The lowest BCUT2D eigenvalue weighted by molar-refractivity contribution is -0.136. The number of likely N-dealkylation sites (N-methyl/N-ethyl adjacent to an activating group) is 1. The number of rotatable bonds is 8. The third-order valence-corrected chi connectivity index (χ3v) is 7.91. The molecule has 3 aromatic rings. The molecule has 1 aromatic carbocycles. The van der Waals surface area contributed by atoms with Crippen LogP contribution in [0.1, 0.15) is 43.3 Å². The number of hydrogen-bond donors (Lipinski definition) is 2. The average Bonchev–Trinajstić information content (AvgIpc) is 3.33. The highest BCUT2D eigenvalue weighted by Crippen LogP contribution is 2.31. The van der Waals surface area contributed by atoms with E-state index in [4.69, 9.17) is 11.6 Å². The van der Waals surface area contributed by atoms with Crippen molar-refractivity contribution in [3.05, 3.63) is 46.3 Å². The number of fused-ring (bicyclic) bond motifs is 1. The zero-order valence-electron chi connectivity index (χ0n) is 20.6. The number of nitrogens with one attached hydrogen (secondary N) is 2. The van der Waals surface area contributed by atoms with Crippen LogP contribution in [0.3, 0.4) is 0 Å². The van der Waals surface area contributed by atoms with E-state index in [1.54, 1.807) is 12.1 Å². The van der Waals surface area contributed by atoms with Crippen LogP contribution < -0.4 is 10.6 Å². The van der Waals surface area contributed by atoms with Crippen molar-refractivity contribution in [2.45, 2.75) is 45.7 Å². The number of piperidine rings is 1. The summed E-state index contributed by atoms with van der Waals surface area (Å²) in [6.07, 6.45) is 2.99. The highest BCUT2D eigenvalue weighted by molar-refractivity contribution is 7.20. The molecule has 2 aromatic heterocycles. The van der Waals surface area contributed by atoms with E-state index in [-0.39, 0.29) is 28.9 Å². The summed E-state index contributed by atoms with van der Waals surface area (Å²) in [5.41, 5.74) is 0.582. The number of anilines is 2. The van der Waals surface area contributed by atoms with E-state index < -0.39 is 5.82 Å². The van der Waals surface area contributed by atoms with Gasteiger partial charge in [0.05, 0.1) is 21.3 Å². The Labute approximate surface area is 218 Å². The first kappa shape index (κ1) is 26.2. The van der Waals surface area contributed by atoms with Gasteiger partial charge < -0.3 is 15.5 Å². The lowest BCUT2D eigenvalue weighted by Gasteiger charge is -2.37. The Kier molecular flexibility index (Phi) is 8.38. The molecule has 3 heterocycles. The maximum atomic E-state index is 13.5. The summed E-state index contributed by atoms with van der Waals surface area (Å²) in [4.78, 5) is 39.6. The van der Waals surface area contributed by atoms with Crippen molar-refractivity contribution < 1.29 is 14.0 Å². The molecule has 0 saturated carbocycles. The maximum absolute atomic E-state index is 13.5. The van der Waals surface area contributed by atoms with E-state index in [9.17, 15) is 14.0 Å². The number of nitrogens with zero attached hydrogens (tertiary/aromatic N) is 4.